The Morgan fingerprint density at radius 2 is 1.80 bits per heavy atom. The summed E-state index contributed by atoms with van der Waals surface area (Å²) in [6, 6.07) is 8.15. The molecule has 0 aliphatic heterocycles. The monoisotopic (exact) mass is 431 g/mol. The van der Waals surface area contributed by atoms with Crippen molar-refractivity contribution < 1.29 is 14.0 Å². The summed E-state index contributed by atoms with van der Waals surface area (Å²) >= 11 is 1.61. The highest BCUT2D eigenvalue weighted by Crippen LogP contribution is 2.28. The number of rotatable bonds is 7. The summed E-state index contributed by atoms with van der Waals surface area (Å²) in [4.78, 5) is 30.6. The van der Waals surface area contributed by atoms with Crippen LogP contribution in [0, 0.1) is 12.7 Å². The number of benzene rings is 1. The molecule has 30 heavy (non-hydrogen) atoms. The van der Waals surface area contributed by atoms with Crippen molar-refractivity contribution in [2.24, 2.45) is 0 Å². The zero-order valence-electron chi connectivity index (χ0n) is 18.1. The summed E-state index contributed by atoms with van der Waals surface area (Å²) in [5.41, 5.74) is 1.63. The normalized spacial score (nSPS) is 13.8. The summed E-state index contributed by atoms with van der Waals surface area (Å²) < 4.78 is 13.3. The van der Waals surface area contributed by atoms with Crippen molar-refractivity contribution in [2.75, 3.05) is 6.54 Å². The first kappa shape index (κ1) is 22.3. The lowest BCUT2D eigenvalue weighted by Crippen LogP contribution is -2.52. The molecular formula is C23H30FN3O2S. The SMILES string of the molecule is Cc1ccsc1CN(Cc1ccc(F)cc1)C(=O)CN(C(=O)NC(C)(C)C)C1CC1. The molecular weight excluding hydrogens is 401 g/mol. The van der Waals surface area contributed by atoms with Crippen LogP contribution in [0.3, 0.4) is 0 Å². The second-order valence-corrected chi connectivity index (χ2v) is 9.94. The number of nitrogens with one attached hydrogen (secondary N) is 1. The van der Waals surface area contributed by atoms with E-state index in [0.29, 0.717) is 13.1 Å². The predicted octanol–water partition coefficient (Wildman–Crippen LogP) is 4.70. The Labute approximate surface area is 181 Å². The van der Waals surface area contributed by atoms with E-state index in [1.807, 2.05) is 39.1 Å². The summed E-state index contributed by atoms with van der Waals surface area (Å²) in [7, 11) is 0. The molecule has 1 aromatic carbocycles. The number of halogens is 1. The largest absolute Gasteiger partial charge is 0.333 e. The van der Waals surface area contributed by atoms with Crippen molar-refractivity contribution >= 4 is 23.3 Å². The van der Waals surface area contributed by atoms with Crippen molar-refractivity contribution in [3.63, 3.8) is 0 Å². The van der Waals surface area contributed by atoms with Crippen LogP contribution in [0.4, 0.5) is 9.18 Å². The number of thiophene rings is 1. The number of hydrogen-bond donors (Lipinski definition) is 1. The minimum Gasteiger partial charge on any atom is -0.333 e. The molecule has 3 rings (SSSR count). The van der Waals surface area contributed by atoms with Crippen LogP contribution in [0.25, 0.3) is 0 Å². The average Bonchev–Trinajstić information content (AvgIpc) is 3.42. The zero-order chi connectivity index (χ0) is 21.9. The number of aryl methyl sites for hydroxylation is 1. The standard InChI is InChI=1S/C23H30FN3O2S/c1-16-11-12-30-20(16)14-26(13-17-5-7-18(24)8-6-17)21(28)15-27(19-9-10-19)22(29)25-23(2,3)4/h5-8,11-12,19H,9-10,13-15H2,1-4H3,(H,25,29). The highest BCUT2D eigenvalue weighted by molar-refractivity contribution is 7.10. The van der Waals surface area contributed by atoms with Gasteiger partial charge in [0.05, 0.1) is 6.54 Å². The van der Waals surface area contributed by atoms with E-state index in [-0.39, 0.29) is 35.9 Å². The van der Waals surface area contributed by atoms with Crippen LogP contribution in [0.5, 0.6) is 0 Å². The second kappa shape index (κ2) is 9.16. The Balaban J connectivity index is 1.76. The molecule has 1 aliphatic rings. The first-order valence-corrected chi connectivity index (χ1v) is 11.1. The molecule has 0 saturated heterocycles. The fourth-order valence-electron chi connectivity index (χ4n) is 3.17. The number of carbonyl (C=O) groups excluding carboxylic acids is 2. The Morgan fingerprint density at radius 3 is 2.33 bits per heavy atom. The Hall–Kier alpha value is -2.41. The summed E-state index contributed by atoms with van der Waals surface area (Å²) in [6.45, 7) is 8.70. The average molecular weight is 432 g/mol. The number of hydrogen-bond acceptors (Lipinski definition) is 3. The third-order valence-corrected chi connectivity index (χ3v) is 5.99. The molecule has 1 aliphatic carbocycles. The molecule has 1 heterocycles. The van der Waals surface area contributed by atoms with Crippen LogP contribution in [0.1, 0.15) is 49.6 Å². The lowest BCUT2D eigenvalue weighted by molar-refractivity contribution is -0.133. The van der Waals surface area contributed by atoms with Gasteiger partial charge in [-0.25, -0.2) is 9.18 Å². The summed E-state index contributed by atoms with van der Waals surface area (Å²) in [5, 5.41) is 4.98. The van der Waals surface area contributed by atoms with E-state index in [4.69, 9.17) is 0 Å². The fraction of sp³-hybridized carbons (Fsp3) is 0.478. The minimum absolute atomic E-state index is 0.0399. The quantitative estimate of drug-likeness (QED) is 0.691. The van der Waals surface area contributed by atoms with Gasteiger partial charge in [-0.05, 0) is 75.2 Å². The van der Waals surface area contributed by atoms with Gasteiger partial charge < -0.3 is 15.1 Å². The number of urea groups is 1. The molecule has 1 fully saturated rings. The topological polar surface area (TPSA) is 52.7 Å². The van der Waals surface area contributed by atoms with Crippen LogP contribution < -0.4 is 5.32 Å². The molecule has 7 heteroatoms. The predicted molar refractivity (Wildman–Crippen MR) is 118 cm³/mol. The van der Waals surface area contributed by atoms with E-state index >= 15 is 0 Å². The molecule has 3 amide bonds. The highest BCUT2D eigenvalue weighted by atomic mass is 32.1. The molecule has 162 valence electrons. The Bertz CT molecular complexity index is 885. The molecule has 1 N–H and O–H groups in total. The molecule has 2 aromatic rings. The van der Waals surface area contributed by atoms with Crippen molar-refractivity contribution in [1.29, 1.82) is 0 Å². The van der Waals surface area contributed by atoms with Gasteiger partial charge in [0.15, 0.2) is 0 Å². The van der Waals surface area contributed by atoms with Gasteiger partial charge in [0.1, 0.15) is 12.4 Å². The Kier molecular flexibility index (Phi) is 6.81. The second-order valence-electron chi connectivity index (χ2n) is 8.94. The summed E-state index contributed by atoms with van der Waals surface area (Å²) in [5.74, 6) is -0.410. The molecule has 0 radical (unpaired) electrons. The number of nitrogens with zero attached hydrogens (tertiary/aromatic N) is 2. The van der Waals surface area contributed by atoms with Crippen LogP contribution in [-0.2, 0) is 17.9 Å². The van der Waals surface area contributed by atoms with E-state index in [1.54, 1.807) is 33.3 Å². The molecule has 0 spiro atoms. The van der Waals surface area contributed by atoms with Gasteiger partial charge in [0, 0.05) is 23.0 Å². The van der Waals surface area contributed by atoms with Crippen molar-refractivity contribution in [2.45, 2.75) is 65.2 Å². The summed E-state index contributed by atoms with van der Waals surface area (Å²) in [6.07, 6.45) is 1.85. The van der Waals surface area contributed by atoms with Crippen LogP contribution >= 0.6 is 11.3 Å². The molecule has 0 atom stereocenters. The third-order valence-electron chi connectivity index (χ3n) is 4.98. The molecule has 1 aromatic heterocycles. The molecule has 0 unspecified atom stereocenters. The van der Waals surface area contributed by atoms with E-state index in [0.717, 1.165) is 28.8 Å². The van der Waals surface area contributed by atoms with E-state index in [9.17, 15) is 14.0 Å². The Morgan fingerprint density at radius 1 is 1.13 bits per heavy atom. The van der Waals surface area contributed by atoms with Crippen molar-refractivity contribution in [3.8, 4) is 0 Å². The minimum atomic E-state index is -0.366. The maximum absolute atomic E-state index is 13.3. The van der Waals surface area contributed by atoms with Gasteiger partial charge in [-0.3, -0.25) is 4.79 Å². The van der Waals surface area contributed by atoms with Crippen molar-refractivity contribution in [3.05, 3.63) is 57.5 Å². The molecule has 0 bridgehead atoms. The lowest BCUT2D eigenvalue weighted by Gasteiger charge is -2.30. The van der Waals surface area contributed by atoms with E-state index in [1.165, 1.54) is 12.1 Å². The van der Waals surface area contributed by atoms with Crippen LogP contribution in [-0.4, -0.2) is 39.9 Å². The van der Waals surface area contributed by atoms with Crippen LogP contribution in [0.2, 0.25) is 0 Å². The zero-order valence-corrected chi connectivity index (χ0v) is 18.9. The van der Waals surface area contributed by atoms with Crippen LogP contribution in [0.15, 0.2) is 35.7 Å². The first-order valence-electron chi connectivity index (χ1n) is 10.3. The number of amides is 3. The third kappa shape index (κ3) is 6.29. The van der Waals surface area contributed by atoms with E-state index < -0.39 is 0 Å². The maximum Gasteiger partial charge on any atom is 0.318 e. The number of carbonyl (C=O) groups is 2. The van der Waals surface area contributed by atoms with Gasteiger partial charge in [0.25, 0.3) is 0 Å². The fourth-order valence-corrected chi connectivity index (χ4v) is 4.09. The molecule has 5 nitrogen and oxygen atoms in total. The smallest absolute Gasteiger partial charge is 0.318 e. The maximum atomic E-state index is 13.3. The van der Waals surface area contributed by atoms with Crippen molar-refractivity contribution in [1.82, 2.24) is 15.1 Å². The van der Waals surface area contributed by atoms with Gasteiger partial charge in [-0.1, -0.05) is 12.1 Å². The van der Waals surface area contributed by atoms with Gasteiger partial charge >= 0.3 is 6.03 Å². The van der Waals surface area contributed by atoms with Gasteiger partial charge in [0.2, 0.25) is 5.91 Å². The van der Waals surface area contributed by atoms with Gasteiger partial charge in [-0.15, -0.1) is 11.3 Å². The van der Waals surface area contributed by atoms with Gasteiger partial charge in [-0.2, -0.15) is 0 Å². The highest BCUT2D eigenvalue weighted by Gasteiger charge is 2.36. The lowest BCUT2D eigenvalue weighted by atomic mass is 10.1. The molecule has 1 saturated carbocycles. The van der Waals surface area contributed by atoms with E-state index in [2.05, 4.69) is 5.32 Å². The first-order chi connectivity index (χ1) is 14.1.